The number of aliphatic hydroxyl groups is 1. The van der Waals surface area contributed by atoms with Gasteiger partial charge in [0.15, 0.2) is 6.61 Å². The number of hydrogen-bond donors (Lipinski definition) is 1. The van der Waals surface area contributed by atoms with Crippen LogP contribution < -0.4 is 0 Å². The summed E-state index contributed by atoms with van der Waals surface area (Å²) in [6.07, 6.45) is -0.771. The van der Waals surface area contributed by atoms with E-state index in [9.17, 15) is 9.90 Å². The van der Waals surface area contributed by atoms with E-state index in [1.807, 2.05) is 27.7 Å². The summed E-state index contributed by atoms with van der Waals surface area (Å²) in [5, 5.41) is 10.2. The van der Waals surface area contributed by atoms with Gasteiger partial charge in [0, 0.05) is 0 Å². The minimum Gasteiger partial charge on any atom is -0.438 e. The fourth-order valence-corrected chi connectivity index (χ4v) is 1.29. The molecule has 4 nitrogen and oxygen atoms in total. The second-order valence-electron chi connectivity index (χ2n) is 4.18. The number of hydrogen-bond acceptors (Lipinski definition) is 4. The first-order chi connectivity index (χ1) is 7.34. The van der Waals surface area contributed by atoms with Crippen molar-refractivity contribution in [1.82, 2.24) is 0 Å². The molecule has 92 valence electrons. The van der Waals surface area contributed by atoms with Crippen molar-refractivity contribution in [2.75, 3.05) is 13.7 Å². The largest absolute Gasteiger partial charge is 0.508 e. The van der Waals surface area contributed by atoms with E-state index in [1.165, 1.54) is 7.11 Å². The van der Waals surface area contributed by atoms with Crippen LogP contribution in [-0.2, 0) is 9.47 Å². The Hall–Kier alpha value is -1.21. The number of methoxy groups -OCH3 is 1. The van der Waals surface area contributed by atoms with Crippen LogP contribution in [0.15, 0.2) is 0 Å². The summed E-state index contributed by atoms with van der Waals surface area (Å²) < 4.78 is 8.89. The number of carbonyl (C=O) groups excluding carboxylic acids is 1. The Morgan fingerprint density at radius 2 is 1.81 bits per heavy atom. The van der Waals surface area contributed by atoms with Gasteiger partial charge in [-0.1, -0.05) is 39.5 Å². The molecule has 0 amide bonds. The highest BCUT2D eigenvalue weighted by molar-refractivity contribution is 5.59. The van der Waals surface area contributed by atoms with Gasteiger partial charge in [0.2, 0.25) is 0 Å². The number of rotatable bonds is 3. The van der Waals surface area contributed by atoms with Gasteiger partial charge in [-0.2, -0.15) is 0 Å². The molecule has 0 aromatic heterocycles. The zero-order valence-electron chi connectivity index (χ0n) is 10.5. The van der Waals surface area contributed by atoms with E-state index in [1.54, 1.807) is 0 Å². The number of ether oxygens (including phenoxy) is 2. The molecule has 0 fully saturated rings. The van der Waals surface area contributed by atoms with Crippen LogP contribution >= 0.6 is 0 Å². The van der Waals surface area contributed by atoms with Crippen molar-refractivity contribution in [1.29, 1.82) is 0 Å². The maximum atomic E-state index is 10.6. The van der Waals surface area contributed by atoms with E-state index in [-0.39, 0.29) is 18.4 Å². The minimum absolute atomic E-state index is 0.0122. The van der Waals surface area contributed by atoms with E-state index in [0.29, 0.717) is 0 Å². The molecule has 0 saturated heterocycles. The topological polar surface area (TPSA) is 55.8 Å². The van der Waals surface area contributed by atoms with Gasteiger partial charge in [-0.15, -0.1) is 0 Å². The van der Waals surface area contributed by atoms with Gasteiger partial charge in [-0.3, -0.25) is 0 Å². The highest BCUT2D eigenvalue weighted by atomic mass is 16.7. The van der Waals surface area contributed by atoms with Crippen LogP contribution in [0.3, 0.4) is 0 Å². The van der Waals surface area contributed by atoms with Crippen molar-refractivity contribution in [3.63, 3.8) is 0 Å². The van der Waals surface area contributed by atoms with E-state index in [4.69, 9.17) is 0 Å². The monoisotopic (exact) mass is 228 g/mol. The summed E-state index contributed by atoms with van der Waals surface area (Å²) >= 11 is 0. The van der Waals surface area contributed by atoms with E-state index in [0.717, 1.165) is 0 Å². The van der Waals surface area contributed by atoms with Crippen LogP contribution in [0.4, 0.5) is 4.79 Å². The Labute approximate surface area is 96.9 Å². The predicted molar refractivity (Wildman–Crippen MR) is 60.8 cm³/mol. The van der Waals surface area contributed by atoms with Crippen LogP contribution in [0.1, 0.15) is 27.7 Å². The molecular weight excluding hydrogens is 208 g/mol. The van der Waals surface area contributed by atoms with Gasteiger partial charge < -0.3 is 14.6 Å². The molecule has 0 aromatic carbocycles. The molecule has 0 rings (SSSR count). The first-order valence-electron chi connectivity index (χ1n) is 5.27. The quantitative estimate of drug-likeness (QED) is 0.591. The molecule has 0 saturated carbocycles. The molecule has 0 aliphatic rings. The van der Waals surface area contributed by atoms with Gasteiger partial charge in [0.05, 0.1) is 7.11 Å². The molecule has 0 aliphatic heterocycles. The minimum atomic E-state index is -1.06. The highest BCUT2D eigenvalue weighted by Crippen LogP contribution is 2.24. The molecule has 4 heteroatoms. The molecule has 0 atom stereocenters. The lowest BCUT2D eigenvalue weighted by Crippen LogP contribution is -2.39. The normalized spacial score (nSPS) is 11.0. The Bertz CT molecular complexity index is 275. The summed E-state index contributed by atoms with van der Waals surface area (Å²) in [6.45, 7) is 7.52. The molecule has 0 heterocycles. The Morgan fingerprint density at radius 3 is 2.19 bits per heavy atom. The average molecular weight is 228 g/mol. The maximum absolute atomic E-state index is 10.6. The highest BCUT2D eigenvalue weighted by Gasteiger charge is 2.32. The van der Waals surface area contributed by atoms with Crippen molar-refractivity contribution in [2.45, 2.75) is 33.3 Å². The second-order valence-corrected chi connectivity index (χ2v) is 4.18. The lowest BCUT2D eigenvalue weighted by Gasteiger charge is -2.30. The van der Waals surface area contributed by atoms with E-state index < -0.39 is 11.8 Å². The molecule has 0 aliphatic carbocycles. The fraction of sp³-hybridized carbons (Fsp3) is 0.750. The summed E-state index contributed by atoms with van der Waals surface area (Å²) in [5.41, 5.74) is -1.06. The van der Waals surface area contributed by atoms with Gasteiger partial charge >= 0.3 is 6.16 Å². The molecule has 0 bridgehead atoms. The zero-order chi connectivity index (χ0) is 12.8. The molecular formula is C12H20O4. The van der Waals surface area contributed by atoms with Crippen LogP contribution in [0.5, 0.6) is 0 Å². The van der Waals surface area contributed by atoms with Crippen LogP contribution in [0, 0.1) is 23.7 Å². The van der Waals surface area contributed by atoms with Crippen molar-refractivity contribution >= 4 is 6.16 Å². The van der Waals surface area contributed by atoms with Gasteiger partial charge in [-0.25, -0.2) is 4.79 Å². The summed E-state index contributed by atoms with van der Waals surface area (Å²) in [7, 11) is 1.23. The van der Waals surface area contributed by atoms with Gasteiger partial charge in [-0.05, 0) is 11.8 Å². The lowest BCUT2D eigenvalue weighted by atomic mass is 9.81. The van der Waals surface area contributed by atoms with Crippen LogP contribution in [0.2, 0.25) is 0 Å². The van der Waals surface area contributed by atoms with Gasteiger partial charge in [0.25, 0.3) is 0 Å². The smallest absolute Gasteiger partial charge is 0.438 e. The molecule has 0 radical (unpaired) electrons. The summed E-state index contributed by atoms with van der Waals surface area (Å²) in [6, 6.07) is 0. The predicted octanol–water partition coefficient (Wildman–Crippen LogP) is 1.82. The third-order valence-electron chi connectivity index (χ3n) is 2.48. The molecule has 1 N–H and O–H groups in total. The molecule has 0 spiro atoms. The fourth-order valence-electron chi connectivity index (χ4n) is 1.29. The first kappa shape index (κ1) is 14.8. The third-order valence-corrected chi connectivity index (χ3v) is 2.48. The Kier molecular flexibility index (Phi) is 5.91. The number of carbonyl (C=O) groups is 1. The SMILES string of the molecule is COC(=O)OCC#CC(O)(C(C)C)C(C)C. The van der Waals surface area contributed by atoms with Gasteiger partial charge in [0.1, 0.15) is 5.60 Å². The lowest BCUT2D eigenvalue weighted by molar-refractivity contribution is 0.00896. The second kappa shape index (κ2) is 6.39. The first-order valence-corrected chi connectivity index (χ1v) is 5.27. The van der Waals surface area contributed by atoms with Crippen molar-refractivity contribution in [3.05, 3.63) is 0 Å². The summed E-state index contributed by atoms with van der Waals surface area (Å²) in [4.78, 5) is 10.6. The average Bonchev–Trinajstić information content (AvgIpc) is 2.22. The van der Waals surface area contributed by atoms with Crippen LogP contribution in [0.25, 0.3) is 0 Å². The van der Waals surface area contributed by atoms with Crippen molar-refractivity contribution < 1.29 is 19.4 Å². The van der Waals surface area contributed by atoms with Crippen molar-refractivity contribution in [2.24, 2.45) is 11.8 Å². The third kappa shape index (κ3) is 4.11. The standard InChI is InChI=1S/C12H20O4/c1-9(2)12(14,10(3)4)7-6-8-16-11(13)15-5/h9-10,14H,8H2,1-5H3. The maximum Gasteiger partial charge on any atom is 0.508 e. The molecule has 0 unspecified atom stereocenters. The summed E-state index contributed by atoms with van der Waals surface area (Å²) in [5.74, 6) is 5.40. The molecule has 0 aromatic rings. The molecule has 16 heavy (non-hydrogen) atoms. The van der Waals surface area contributed by atoms with Crippen LogP contribution in [-0.4, -0.2) is 30.6 Å². The Balaban J connectivity index is 4.43. The van der Waals surface area contributed by atoms with E-state index in [2.05, 4.69) is 21.3 Å². The van der Waals surface area contributed by atoms with Crippen molar-refractivity contribution in [3.8, 4) is 11.8 Å². The zero-order valence-corrected chi connectivity index (χ0v) is 10.5. The van der Waals surface area contributed by atoms with E-state index >= 15 is 0 Å². The Morgan fingerprint density at radius 1 is 1.31 bits per heavy atom.